The zero-order valence-corrected chi connectivity index (χ0v) is 14.6. The van der Waals surface area contributed by atoms with Crippen LogP contribution in [0.4, 0.5) is 20.4 Å². The number of amides is 1. The molecule has 0 aliphatic heterocycles. The van der Waals surface area contributed by atoms with Gasteiger partial charge in [0.25, 0.3) is 5.91 Å². The van der Waals surface area contributed by atoms with E-state index in [0.29, 0.717) is 0 Å². The summed E-state index contributed by atoms with van der Waals surface area (Å²) in [6.45, 7) is 1.47. The summed E-state index contributed by atoms with van der Waals surface area (Å²) in [4.78, 5) is 28.1. The highest BCUT2D eigenvalue weighted by Crippen LogP contribution is 2.26. The maximum atomic E-state index is 13.3. The van der Waals surface area contributed by atoms with Crippen LogP contribution in [0.25, 0.3) is 0 Å². The number of halogens is 2. The van der Waals surface area contributed by atoms with Gasteiger partial charge in [-0.05, 0) is 25.1 Å². The van der Waals surface area contributed by atoms with Gasteiger partial charge in [-0.2, -0.15) is 0 Å². The number of hydrogen-bond donors (Lipinski definition) is 2. The lowest BCUT2D eigenvalue weighted by Gasteiger charge is -2.10. The quantitative estimate of drug-likeness (QED) is 0.513. The fourth-order valence-corrected chi connectivity index (χ4v) is 2.22. The Morgan fingerprint density at radius 1 is 1.25 bits per heavy atom. The number of aryl methyl sites for hydroxylation is 1. The van der Waals surface area contributed by atoms with E-state index < -0.39 is 17.5 Å². The van der Waals surface area contributed by atoms with Crippen LogP contribution in [0, 0.1) is 18.6 Å². The lowest BCUT2D eigenvalue weighted by atomic mass is 10.2. The summed E-state index contributed by atoms with van der Waals surface area (Å²) < 4.78 is 32.1. The van der Waals surface area contributed by atoms with E-state index in [2.05, 4.69) is 25.3 Å². The van der Waals surface area contributed by atoms with Gasteiger partial charge >= 0.3 is 0 Å². The number of aliphatic imine (C=N–C) groups is 1. The summed E-state index contributed by atoms with van der Waals surface area (Å²) in [5.74, 6) is -1.24. The molecule has 0 saturated carbocycles. The second kappa shape index (κ2) is 8.16. The van der Waals surface area contributed by atoms with E-state index in [9.17, 15) is 13.6 Å². The fourth-order valence-electron chi connectivity index (χ4n) is 2.22. The van der Waals surface area contributed by atoms with Crippen molar-refractivity contribution in [2.45, 2.75) is 6.92 Å². The van der Waals surface area contributed by atoms with Crippen molar-refractivity contribution in [2.75, 3.05) is 5.32 Å². The van der Waals surface area contributed by atoms with Crippen molar-refractivity contribution in [1.29, 1.82) is 0 Å². The molecule has 1 amide bonds. The first-order valence-electron chi connectivity index (χ1n) is 7.93. The zero-order chi connectivity index (χ0) is 20.1. The summed E-state index contributed by atoms with van der Waals surface area (Å²) in [7, 11) is 0. The van der Waals surface area contributed by atoms with Crippen molar-refractivity contribution in [3.05, 3.63) is 65.7 Å². The minimum absolute atomic E-state index is 0. The van der Waals surface area contributed by atoms with Crippen LogP contribution in [0.3, 0.4) is 0 Å². The van der Waals surface area contributed by atoms with Crippen LogP contribution < -0.4 is 15.8 Å². The van der Waals surface area contributed by atoms with Crippen molar-refractivity contribution < 1.29 is 19.7 Å². The van der Waals surface area contributed by atoms with Crippen LogP contribution >= 0.6 is 0 Å². The summed E-state index contributed by atoms with van der Waals surface area (Å²) in [6, 6.07) is 4.99. The smallest absolute Gasteiger partial charge is 0.260 e. The predicted octanol–water partition coefficient (Wildman–Crippen LogP) is 3.37. The molecule has 0 bridgehead atoms. The molecule has 10 heteroatoms. The zero-order valence-electron chi connectivity index (χ0n) is 14.6. The number of pyridine rings is 3. The Kier molecular flexibility index (Phi) is 5.49. The number of rotatable bonds is 5. The molecular weight excluding hydrogens is 370 g/mol. The second-order valence-corrected chi connectivity index (χ2v) is 5.48. The molecule has 8 nitrogen and oxygen atoms in total. The molecule has 0 fully saturated rings. The van der Waals surface area contributed by atoms with Crippen molar-refractivity contribution in [3.63, 3.8) is 0 Å². The highest BCUT2D eigenvalue weighted by atomic mass is 19.1. The third-order valence-corrected chi connectivity index (χ3v) is 3.46. The Labute approximate surface area is 159 Å². The molecule has 3 rings (SSSR count). The number of ether oxygens (including phenoxy) is 1. The van der Waals surface area contributed by atoms with Crippen LogP contribution in [0.2, 0.25) is 0 Å². The third-order valence-electron chi connectivity index (χ3n) is 3.46. The predicted molar refractivity (Wildman–Crippen MR) is 99.8 cm³/mol. The highest BCUT2D eigenvalue weighted by Gasteiger charge is 2.16. The molecule has 0 aliphatic carbocycles. The first-order chi connectivity index (χ1) is 13.5. The van der Waals surface area contributed by atoms with E-state index in [-0.39, 0.29) is 35.8 Å². The van der Waals surface area contributed by atoms with Crippen molar-refractivity contribution in [3.8, 4) is 11.5 Å². The molecule has 0 radical (unpaired) electrons. The molecule has 3 heterocycles. The number of nitrogens with one attached hydrogen (secondary N) is 1. The largest absolute Gasteiger partial charge is 0.454 e. The lowest BCUT2D eigenvalue weighted by Crippen LogP contribution is -2.14. The molecule has 28 heavy (non-hydrogen) atoms. The summed E-state index contributed by atoms with van der Waals surface area (Å²) >= 11 is 0. The number of hydrogen-bond acceptors (Lipinski definition) is 6. The Hall–Kier alpha value is -3.95. The van der Waals surface area contributed by atoms with Crippen LogP contribution in [0.5, 0.6) is 11.5 Å². The second-order valence-electron chi connectivity index (χ2n) is 5.48. The van der Waals surface area contributed by atoms with Gasteiger partial charge < -0.3 is 15.8 Å². The van der Waals surface area contributed by atoms with Gasteiger partial charge in [0.05, 0.1) is 36.2 Å². The Balaban J connectivity index is 0.00000300. The van der Waals surface area contributed by atoms with Crippen molar-refractivity contribution in [1.82, 2.24) is 15.0 Å². The minimum atomic E-state index is -0.616. The van der Waals surface area contributed by atoms with Gasteiger partial charge in [-0.3, -0.25) is 9.78 Å². The molecule has 0 saturated heterocycles. The number of nitrogens with zero attached hydrogens (tertiary/aromatic N) is 4. The Morgan fingerprint density at radius 3 is 2.75 bits per heavy atom. The van der Waals surface area contributed by atoms with Crippen LogP contribution in [0.1, 0.15) is 17.5 Å². The van der Waals surface area contributed by atoms with E-state index >= 15 is 0 Å². The van der Waals surface area contributed by atoms with Gasteiger partial charge in [0.2, 0.25) is 0 Å². The third kappa shape index (κ3) is 4.41. The van der Waals surface area contributed by atoms with Crippen LogP contribution in [0.15, 0.2) is 47.8 Å². The SMILES string of the molecule is Cc1nc(NC(=O)c2cc(Oc3cncc(F)c3)cnc2/N=C\N)ccc1F.[HH]. The maximum absolute atomic E-state index is 13.3. The molecule has 144 valence electrons. The topological polar surface area (TPSA) is 115 Å². The van der Waals surface area contributed by atoms with E-state index in [4.69, 9.17) is 10.5 Å². The molecule has 3 aromatic heterocycles. The number of aromatic nitrogens is 3. The standard InChI is InChI=1S/C18H14F2N6O2.H2/c1-10-15(20)2-3-16(25-10)26-18(27)14-5-13(8-23-17(14)24-9-21)28-12-4-11(19)6-22-7-12;/h2-9H,1H3,(H2,21,23,24)(H,25,26,27);1H. The highest BCUT2D eigenvalue weighted by molar-refractivity contribution is 6.07. The number of carbonyl (C=O) groups excluding carboxylic acids is 1. The number of anilines is 1. The van der Waals surface area contributed by atoms with Crippen LogP contribution in [-0.4, -0.2) is 27.2 Å². The lowest BCUT2D eigenvalue weighted by molar-refractivity contribution is 0.102. The molecule has 0 spiro atoms. The van der Waals surface area contributed by atoms with Gasteiger partial charge in [0, 0.05) is 7.49 Å². The van der Waals surface area contributed by atoms with Crippen molar-refractivity contribution in [2.24, 2.45) is 10.7 Å². The molecule has 0 aliphatic rings. The number of carbonyl (C=O) groups is 1. The molecule has 3 aromatic rings. The number of nitrogens with two attached hydrogens (primary N) is 1. The van der Waals surface area contributed by atoms with Gasteiger partial charge in [-0.1, -0.05) is 0 Å². The normalized spacial score (nSPS) is 10.8. The van der Waals surface area contributed by atoms with Gasteiger partial charge in [0.15, 0.2) is 5.82 Å². The molecular formula is C18H16F2N6O2. The molecule has 0 aromatic carbocycles. The first-order valence-corrected chi connectivity index (χ1v) is 7.93. The first kappa shape index (κ1) is 18.8. The average Bonchev–Trinajstić information content (AvgIpc) is 2.66. The van der Waals surface area contributed by atoms with Gasteiger partial charge in [-0.25, -0.2) is 23.7 Å². The Morgan fingerprint density at radius 2 is 2.04 bits per heavy atom. The van der Waals surface area contributed by atoms with E-state index in [0.717, 1.165) is 18.6 Å². The minimum Gasteiger partial charge on any atom is -0.454 e. The van der Waals surface area contributed by atoms with Crippen molar-refractivity contribution >= 4 is 23.9 Å². The fraction of sp³-hybridized carbons (Fsp3) is 0.0556. The summed E-state index contributed by atoms with van der Waals surface area (Å²) in [6.07, 6.45) is 4.61. The van der Waals surface area contributed by atoms with Gasteiger partial charge in [-0.15, -0.1) is 0 Å². The molecule has 3 N–H and O–H groups in total. The average molecular weight is 386 g/mol. The maximum Gasteiger partial charge on any atom is 0.260 e. The summed E-state index contributed by atoms with van der Waals surface area (Å²) in [5, 5.41) is 2.53. The Bertz CT molecular complexity index is 1060. The van der Waals surface area contributed by atoms with E-state index in [1.54, 1.807) is 0 Å². The molecule has 0 atom stereocenters. The van der Waals surface area contributed by atoms with E-state index in [1.807, 2.05) is 0 Å². The van der Waals surface area contributed by atoms with E-state index in [1.165, 1.54) is 37.5 Å². The monoisotopic (exact) mass is 386 g/mol. The summed E-state index contributed by atoms with van der Waals surface area (Å²) in [5.41, 5.74) is 5.45. The van der Waals surface area contributed by atoms with Gasteiger partial charge in [0.1, 0.15) is 29.0 Å². The molecule has 0 unspecified atom stereocenters. The van der Waals surface area contributed by atoms with Crippen LogP contribution in [-0.2, 0) is 0 Å².